The summed E-state index contributed by atoms with van der Waals surface area (Å²) in [5.74, 6) is 0.152. The zero-order valence-corrected chi connectivity index (χ0v) is 12.2. The zero-order valence-electron chi connectivity index (χ0n) is 12.2. The van der Waals surface area contributed by atoms with E-state index in [1.807, 2.05) is 18.2 Å². The van der Waals surface area contributed by atoms with Crippen LogP contribution < -0.4 is 0 Å². The Morgan fingerprint density at radius 2 is 1.85 bits per heavy atom. The summed E-state index contributed by atoms with van der Waals surface area (Å²) in [6, 6.07) is 10.1. The minimum absolute atomic E-state index is 0.152. The van der Waals surface area contributed by atoms with E-state index in [9.17, 15) is 10.2 Å². The lowest BCUT2D eigenvalue weighted by Gasteiger charge is -2.39. The van der Waals surface area contributed by atoms with Crippen molar-refractivity contribution in [2.45, 2.75) is 56.7 Å². The second kappa shape index (κ2) is 7.05. The highest BCUT2D eigenvalue weighted by molar-refractivity contribution is 5.15. The highest BCUT2D eigenvalue weighted by Gasteiger charge is 2.40. The minimum Gasteiger partial charge on any atom is -0.390 e. The van der Waals surface area contributed by atoms with Crippen molar-refractivity contribution in [1.29, 1.82) is 0 Å². The maximum atomic E-state index is 10.8. The van der Waals surface area contributed by atoms with Crippen molar-refractivity contribution in [1.82, 2.24) is 0 Å². The molecule has 0 unspecified atom stereocenters. The Balaban J connectivity index is 1.97. The Hall–Kier alpha value is -1.12. The molecule has 2 rings (SSSR count). The van der Waals surface area contributed by atoms with E-state index in [0.29, 0.717) is 6.42 Å². The number of hydrogen-bond donors (Lipinski definition) is 2. The smallest absolute Gasteiger partial charge is 0.111 e. The van der Waals surface area contributed by atoms with Crippen molar-refractivity contribution in [3.8, 4) is 0 Å². The van der Waals surface area contributed by atoms with Gasteiger partial charge in [-0.15, -0.1) is 6.58 Å². The Morgan fingerprint density at radius 3 is 2.45 bits per heavy atom. The first kappa shape index (κ1) is 15.3. The van der Waals surface area contributed by atoms with Gasteiger partial charge in [-0.1, -0.05) is 55.7 Å². The number of aryl methyl sites for hydroxylation is 1. The first-order chi connectivity index (χ1) is 9.66. The first-order valence-electron chi connectivity index (χ1n) is 7.75. The molecule has 2 heteroatoms. The van der Waals surface area contributed by atoms with Gasteiger partial charge in [0.05, 0.1) is 6.10 Å². The van der Waals surface area contributed by atoms with Crippen LogP contribution in [0.5, 0.6) is 0 Å². The predicted molar refractivity (Wildman–Crippen MR) is 82.5 cm³/mol. The third kappa shape index (κ3) is 3.50. The summed E-state index contributed by atoms with van der Waals surface area (Å²) in [4.78, 5) is 0. The molecule has 1 fully saturated rings. The van der Waals surface area contributed by atoms with Crippen LogP contribution in [0.2, 0.25) is 0 Å². The summed E-state index contributed by atoms with van der Waals surface area (Å²) in [5, 5.41) is 21.3. The van der Waals surface area contributed by atoms with Crippen LogP contribution in [0, 0.1) is 5.92 Å². The molecule has 1 aromatic carbocycles. The van der Waals surface area contributed by atoms with Crippen LogP contribution in [0.4, 0.5) is 0 Å². The number of rotatable bonds is 6. The fourth-order valence-electron chi connectivity index (χ4n) is 3.32. The molecule has 2 N–H and O–H groups in total. The van der Waals surface area contributed by atoms with E-state index in [-0.39, 0.29) is 5.92 Å². The first-order valence-corrected chi connectivity index (χ1v) is 7.75. The molecule has 20 heavy (non-hydrogen) atoms. The van der Waals surface area contributed by atoms with E-state index in [4.69, 9.17) is 0 Å². The molecule has 0 radical (unpaired) electrons. The van der Waals surface area contributed by atoms with Gasteiger partial charge in [-0.3, -0.25) is 0 Å². The molecule has 0 spiro atoms. The van der Waals surface area contributed by atoms with E-state index >= 15 is 0 Å². The highest BCUT2D eigenvalue weighted by atomic mass is 16.3. The van der Waals surface area contributed by atoms with Gasteiger partial charge in [-0.2, -0.15) is 0 Å². The fraction of sp³-hybridized carbons (Fsp3) is 0.556. The van der Waals surface area contributed by atoms with Crippen molar-refractivity contribution < 1.29 is 10.2 Å². The fourth-order valence-corrected chi connectivity index (χ4v) is 3.32. The molecule has 0 aromatic heterocycles. The van der Waals surface area contributed by atoms with Crippen LogP contribution in [-0.4, -0.2) is 21.9 Å². The molecule has 2 atom stereocenters. The molecule has 1 saturated carbocycles. The maximum Gasteiger partial charge on any atom is 0.111 e. The Labute approximate surface area is 122 Å². The van der Waals surface area contributed by atoms with E-state index in [0.717, 1.165) is 32.1 Å². The highest BCUT2D eigenvalue weighted by Crippen LogP contribution is 2.36. The topological polar surface area (TPSA) is 40.5 Å². The second-order valence-electron chi connectivity index (χ2n) is 5.97. The molecule has 110 valence electrons. The van der Waals surface area contributed by atoms with Crippen molar-refractivity contribution in [2.75, 3.05) is 0 Å². The summed E-state index contributed by atoms with van der Waals surface area (Å²) >= 11 is 0. The molecule has 2 nitrogen and oxygen atoms in total. The molecule has 0 amide bonds. The zero-order chi connectivity index (χ0) is 14.4. The lowest BCUT2D eigenvalue weighted by atomic mass is 9.73. The van der Waals surface area contributed by atoms with Gasteiger partial charge < -0.3 is 10.2 Å². The lowest BCUT2D eigenvalue weighted by Crippen LogP contribution is -2.48. The summed E-state index contributed by atoms with van der Waals surface area (Å²) in [6.45, 7) is 3.77. The average Bonchev–Trinajstić information content (AvgIpc) is 2.53. The van der Waals surface area contributed by atoms with Gasteiger partial charge in [0.15, 0.2) is 0 Å². The van der Waals surface area contributed by atoms with Crippen LogP contribution in [0.15, 0.2) is 43.0 Å². The molecule has 1 aliphatic carbocycles. The van der Waals surface area contributed by atoms with Crippen molar-refractivity contribution in [3.63, 3.8) is 0 Å². The molecule has 0 aliphatic heterocycles. The Bertz CT molecular complexity index is 409. The van der Waals surface area contributed by atoms with Crippen LogP contribution >= 0.6 is 0 Å². The van der Waals surface area contributed by atoms with Gasteiger partial charge >= 0.3 is 0 Å². The van der Waals surface area contributed by atoms with Crippen LogP contribution in [0.25, 0.3) is 0 Å². The van der Waals surface area contributed by atoms with Gasteiger partial charge in [-0.25, -0.2) is 0 Å². The Morgan fingerprint density at radius 1 is 1.20 bits per heavy atom. The van der Waals surface area contributed by atoms with Gasteiger partial charge in [-0.05, 0) is 37.2 Å². The molecular weight excluding hydrogens is 248 g/mol. The third-order valence-electron chi connectivity index (χ3n) is 4.67. The summed E-state index contributed by atoms with van der Waals surface area (Å²) < 4.78 is 0. The molecular formula is C18H26O2. The number of hydrogen-bond acceptors (Lipinski definition) is 2. The van der Waals surface area contributed by atoms with Crippen LogP contribution in [0.1, 0.15) is 44.1 Å². The SMILES string of the molecule is C=C[C@@](O)(C1CCCCC1)[C@@H](O)CCc1ccccc1. The largest absolute Gasteiger partial charge is 0.390 e. The molecule has 1 aliphatic rings. The molecule has 0 heterocycles. The summed E-state index contributed by atoms with van der Waals surface area (Å²) in [5.41, 5.74) is 0.0662. The monoisotopic (exact) mass is 274 g/mol. The summed E-state index contributed by atoms with van der Waals surface area (Å²) in [7, 11) is 0. The number of aliphatic hydroxyl groups is 2. The summed E-state index contributed by atoms with van der Waals surface area (Å²) in [6.07, 6.45) is 7.70. The second-order valence-corrected chi connectivity index (χ2v) is 5.97. The third-order valence-corrected chi connectivity index (χ3v) is 4.67. The predicted octanol–water partition coefficient (Wildman–Crippen LogP) is 3.48. The number of aliphatic hydroxyl groups excluding tert-OH is 1. The van der Waals surface area contributed by atoms with Gasteiger partial charge in [0.1, 0.15) is 5.60 Å². The van der Waals surface area contributed by atoms with Crippen LogP contribution in [-0.2, 0) is 6.42 Å². The van der Waals surface area contributed by atoms with E-state index in [1.165, 1.54) is 12.0 Å². The van der Waals surface area contributed by atoms with Gasteiger partial charge in [0, 0.05) is 0 Å². The van der Waals surface area contributed by atoms with Crippen molar-refractivity contribution in [3.05, 3.63) is 48.6 Å². The normalized spacial score (nSPS) is 21.1. The standard InChI is InChI=1S/C18H26O2/c1-2-18(20,16-11-7-4-8-12-16)17(19)14-13-15-9-5-3-6-10-15/h2-3,5-6,9-10,16-17,19-20H,1,4,7-8,11-14H2/t17-,18+/m0/s1. The molecule has 0 saturated heterocycles. The van der Waals surface area contributed by atoms with E-state index < -0.39 is 11.7 Å². The number of benzene rings is 1. The van der Waals surface area contributed by atoms with Crippen molar-refractivity contribution in [2.24, 2.45) is 5.92 Å². The van der Waals surface area contributed by atoms with Gasteiger partial charge in [0.25, 0.3) is 0 Å². The lowest BCUT2D eigenvalue weighted by molar-refractivity contribution is -0.0894. The van der Waals surface area contributed by atoms with E-state index in [1.54, 1.807) is 6.08 Å². The molecule has 1 aromatic rings. The molecule has 0 bridgehead atoms. The van der Waals surface area contributed by atoms with Crippen molar-refractivity contribution >= 4 is 0 Å². The van der Waals surface area contributed by atoms with E-state index in [2.05, 4.69) is 18.7 Å². The minimum atomic E-state index is -1.13. The quantitative estimate of drug-likeness (QED) is 0.780. The van der Waals surface area contributed by atoms with Crippen LogP contribution in [0.3, 0.4) is 0 Å². The Kier molecular flexibility index (Phi) is 5.38. The average molecular weight is 274 g/mol. The van der Waals surface area contributed by atoms with Gasteiger partial charge in [0.2, 0.25) is 0 Å². The maximum absolute atomic E-state index is 10.8.